The Hall–Kier alpha value is -0.570. The fraction of sp³-hybridized carbons (Fsp3) is 0.800. The lowest BCUT2D eigenvalue weighted by molar-refractivity contribution is 0.398. The molecule has 0 amide bonds. The molecule has 0 saturated heterocycles. The molecule has 0 aromatic carbocycles. The van der Waals surface area contributed by atoms with E-state index in [0.29, 0.717) is 0 Å². The second kappa shape index (κ2) is 1.74. The van der Waals surface area contributed by atoms with Gasteiger partial charge in [-0.1, -0.05) is 0 Å². The Morgan fingerprint density at radius 2 is 2.62 bits per heavy atom. The average Bonchev–Trinajstić information content (AvgIpc) is 1.65. The van der Waals surface area contributed by atoms with Crippen molar-refractivity contribution >= 4 is 6.34 Å². The minimum Gasteiger partial charge on any atom is -0.359 e. The van der Waals surface area contributed by atoms with Crippen molar-refractivity contribution in [1.29, 1.82) is 0 Å². The lowest BCUT2D eigenvalue weighted by Crippen LogP contribution is -2.52. The summed E-state index contributed by atoms with van der Waals surface area (Å²) in [6.07, 6.45) is 2.59. The van der Waals surface area contributed by atoms with E-state index in [1.54, 1.807) is 6.34 Å². The molecule has 1 rings (SSSR count). The molecule has 1 aliphatic heterocycles. The quantitative estimate of drug-likeness (QED) is 0.452. The molecule has 3 nitrogen and oxygen atoms in total. The highest BCUT2D eigenvalue weighted by molar-refractivity contribution is 5.56. The van der Waals surface area contributed by atoms with Crippen LogP contribution in [0.3, 0.4) is 0 Å². The van der Waals surface area contributed by atoms with Gasteiger partial charge in [0.25, 0.3) is 0 Å². The first-order chi connectivity index (χ1) is 3.71. The zero-order valence-corrected chi connectivity index (χ0v) is 5.02. The molecule has 1 atom stereocenters. The molecule has 46 valence electrons. The summed E-state index contributed by atoms with van der Waals surface area (Å²) in [5, 5.41) is 2.94. The van der Waals surface area contributed by atoms with Crippen LogP contribution in [-0.4, -0.2) is 18.5 Å². The van der Waals surface area contributed by atoms with Gasteiger partial charge in [-0.15, -0.1) is 0 Å². The third-order valence-corrected chi connectivity index (χ3v) is 1.25. The van der Waals surface area contributed by atoms with Gasteiger partial charge in [-0.05, 0) is 6.92 Å². The largest absolute Gasteiger partial charge is 0.359 e. The molecule has 0 aromatic rings. The Morgan fingerprint density at radius 3 is 2.88 bits per heavy atom. The van der Waals surface area contributed by atoms with Crippen LogP contribution in [0.25, 0.3) is 0 Å². The number of hydrogen-bond acceptors (Lipinski definition) is 3. The summed E-state index contributed by atoms with van der Waals surface area (Å²) in [5.74, 6) is 0. The predicted octanol–water partition coefficient (Wildman–Crippen LogP) is -0.317. The monoisotopic (exact) mass is 113 g/mol. The molecule has 0 aliphatic carbocycles. The van der Waals surface area contributed by atoms with Crippen LogP contribution in [0.2, 0.25) is 0 Å². The van der Waals surface area contributed by atoms with Crippen LogP contribution in [-0.2, 0) is 0 Å². The summed E-state index contributed by atoms with van der Waals surface area (Å²) in [6, 6.07) is 0. The van der Waals surface area contributed by atoms with Crippen LogP contribution in [0.5, 0.6) is 0 Å². The summed E-state index contributed by atoms with van der Waals surface area (Å²) in [7, 11) is 0. The predicted molar refractivity (Wildman–Crippen MR) is 33.7 cm³/mol. The summed E-state index contributed by atoms with van der Waals surface area (Å²) < 4.78 is 0. The lowest BCUT2D eigenvalue weighted by Gasteiger charge is -2.26. The van der Waals surface area contributed by atoms with Gasteiger partial charge >= 0.3 is 0 Å². The van der Waals surface area contributed by atoms with Gasteiger partial charge in [-0.3, -0.25) is 4.99 Å². The Kier molecular flexibility index (Phi) is 1.21. The van der Waals surface area contributed by atoms with Crippen LogP contribution in [0, 0.1) is 0 Å². The van der Waals surface area contributed by atoms with Crippen molar-refractivity contribution < 1.29 is 0 Å². The second-order valence-electron chi connectivity index (χ2n) is 2.35. The summed E-state index contributed by atoms with van der Waals surface area (Å²) in [5.41, 5.74) is 5.45. The molecule has 1 heterocycles. The molecule has 1 unspecified atom stereocenters. The van der Waals surface area contributed by atoms with E-state index in [1.165, 1.54) is 0 Å². The SMILES string of the molecule is CC1(N)CCN=CN1. The molecule has 0 fully saturated rings. The number of nitrogens with two attached hydrogens (primary N) is 1. The number of nitrogens with one attached hydrogen (secondary N) is 1. The first-order valence-corrected chi connectivity index (χ1v) is 2.76. The first-order valence-electron chi connectivity index (χ1n) is 2.76. The van der Waals surface area contributed by atoms with Crippen LogP contribution in [0.4, 0.5) is 0 Å². The van der Waals surface area contributed by atoms with Crippen LogP contribution in [0.15, 0.2) is 4.99 Å². The van der Waals surface area contributed by atoms with E-state index >= 15 is 0 Å². The zero-order chi connectivity index (χ0) is 6.04. The highest BCUT2D eigenvalue weighted by atomic mass is 15.1. The van der Waals surface area contributed by atoms with Crippen molar-refractivity contribution in [2.45, 2.75) is 19.0 Å². The minimum absolute atomic E-state index is 0.220. The van der Waals surface area contributed by atoms with Crippen molar-refractivity contribution in [2.24, 2.45) is 10.7 Å². The van der Waals surface area contributed by atoms with Gasteiger partial charge in [-0.25, -0.2) is 0 Å². The van der Waals surface area contributed by atoms with Gasteiger partial charge in [0.05, 0.1) is 12.0 Å². The summed E-state index contributed by atoms with van der Waals surface area (Å²) in [6.45, 7) is 2.80. The Morgan fingerprint density at radius 1 is 1.88 bits per heavy atom. The Labute approximate surface area is 49.0 Å². The number of rotatable bonds is 0. The van der Waals surface area contributed by atoms with Gasteiger partial charge in [0.1, 0.15) is 0 Å². The van der Waals surface area contributed by atoms with E-state index in [-0.39, 0.29) is 5.66 Å². The van der Waals surface area contributed by atoms with E-state index in [9.17, 15) is 0 Å². The van der Waals surface area contributed by atoms with Crippen molar-refractivity contribution in [3.8, 4) is 0 Å². The molecule has 1 aliphatic rings. The minimum atomic E-state index is -0.220. The molecule has 0 saturated carbocycles. The standard InChI is InChI=1S/C5H11N3/c1-5(6)2-3-7-4-8-5/h4H,2-3,6H2,1H3,(H,7,8). The van der Waals surface area contributed by atoms with Gasteiger partial charge in [0.2, 0.25) is 0 Å². The van der Waals surface area contributed by atoms with E-state index in [0.717, 1.165) is 13.0 Å². The molecule has 0 spiro atoms. The normalized spacial score (nSPS) is 36.8. The highest BCUT2D eigenvalue weighted by Crippen LogP contribution is 2.02. The molecule has 3 N–H and O–H groups in total. The van der Waals surface area contributed by atoms with Crippen LogP contribution < -0.4 is 11.1 Å². The van der Waals surface area contributed by atoms with Gasteiger partial charge in [0, 0.05) is 13.0 Å². The van der Waals surface area contributed by atoms with Crippen molar-refractivity contribution in [1.82, 2.24) is 5.32 Å². The highest BCUT2D eigenvalue weighted by Gasteiger charge is 2.16. The fourth-order valence-corrected chi connectivity index (χ4v) is 0.627. The Bertz CT molecular complexity index is 106. The van der Waals surface area contributed by atoms with E-state index < -0.39 is 0 Å². The molecule has 0 bridgehead atoms. The molecule has 0 radical (unpaired) electrons. The third kappa shape index (κ3) is 1.20. The maximum absolute atomic E-state index is 5.68. The van der Waals surface area contributed by atoms with Crippen LogP contribution in [0.1, 0.15) is 13.3 Å². The van der Waals surface area contributed by atoms with Crippen molar-refractivity contribution in [3.05, 3.63) is 0 Å². The van der Waals surface area contributed by atoms with Gasteiger partial charge in [-0.2, -0.15) is 0 Å². The maximum atomic E-state index is 5.68. The van der Waals surface area contributed by atoms with Gasteiger partial charge < -0.3 is 11.1 Å². The summed E-state index contributed by atoms with van der Waals surface area (Å²) >= 11 is 0. The van der Waals surface area contributed by atoms with Crippen LogP contribution >= 0.6 is 0 Å². The Balaban J connectivity index is 2.50. The average molecular weight is 113 g/mol. The third-order valence-electron chi connectivity index (χ3n) is 1.25. The van der Waals surface area contributed by atoms with Gasteiger partial charge in [0.15, 0.2) is 0 Å². The van der Waals surface area contributed by atoms with Crippen molar-refractivity contribution in [2.75, 3.05) is 6.54 Å². The number of nitrogens with zero attached hydrogens (tertiary/aromatic N) is 1. The topological polar surface area (TPSA) is 50.4 Å². The zero-order valence-electron chi connectivity index (χ0n) is 5.02. The number of aliphatic imine (C=N–C) groups is 1. The van der Waals surface area contributed by atoms with E-state index in [1.807, 2.05) is 6.92 Å². The van der Waals surface area contributed by atoms with E-state index in [2.05, 4.69) is 10.3 Å². The molecule has 3 heteroatoms. The second-order valence-corrected chi connectivity index (χ2v) is 2.35. The fourth-order valence-electron chi connectivity index (χ4n) is 0.627. The molecular weight excluding hydrogens is 102 g/mol. The van der Waals surface area contributed by atoms with Crippen molar-refractivity contribution in [3.63, 3.8) is 0 Å². The molecule has 8 heavy (non-hydrogen) atoms. The number of hydrogen-bond donors (Lipinski definition) is 2. The smallest absolute Gasteiger partial charge is 0.0853 e. The molecule has 0 aromatic heterocycles. The van der Waals surface area contributed by atoms with E-state index in [4.69, 9.17) is 5.73 Å². The molecular formula is C5H11N3. The first kappa shape index (κ1) is 5.56. The lowest BCUT2D eigenvalue weighted by atomic mass is 10.1. The summed E-state index contributed by atoms with van der Waals surface area (Å²) in [4.78, 5) is 3.96. The maximum Gasteiger partial charge on any atom is 0.0853 e.